The number of nitrogens with zero attached hydrogens (tertiary/aromatic N) is 1. The zero-order valence-corrected chi connectivity index (χ0v) is 8.40. The van der Waals surface area contributed by atoms with Gasteiger partial charge in [-0.25, -0.2) is 4.39 Å². The number of hydrogen-bond donors (Lipinski definition) is 1. The summed E-state index contributed by atoms with van der Waals surface area (Å²) >= 11 is 0. The first kappa shape index (κ1) is 11.9. The summed E-state index contributed by atoms with van der Waals surface area (Å²) in [4.78, 5) is 20.9. The molecular weight excluding hydrogens is 219 g/mol. The van der Waals surface area contributed by atoms with Gasteiger partial charge in [0.05, 0.1) is 18.5 Å². The molecule has 1 aromatic rings. The summed E-state index contributed by atoms with van der Waals surface area (Å²) < 4.78 is 17.3. The molecule has 0 atom stereocenters. The van der Waals surface area contributed by atoms with E-state index in [0.29, 0.717) is 0 Å². The molecule has 0 unspecified atom stereocenters. The molecular formula is C9H9FN2O4. The van der Waals surface area contributed by atoms with E-state index in [1.54, 1.807) is 0 Å². The van der Waals surface area contributed by atoms with Crippen molar-refractivity contribution in [3.8, 4) is 0 Å². The van der Waals surface area contributed by atoms with E-state index < -0.39 is 28.8 Å². The molecule has 0 saturated heterocycles. The van der Waals surface area contributed by atoms with E-state index >= 15 is 0 Å². The molecule has 0 aliphatic rings. The van der Waals surface area contributed by atoms with Crippen molar-refractivity contribution in [1.82, 2.24) is 0 Å². The predicted molar refractivity (Wildman–Crippen MR) is 53.2 cm³/mol. The van der Waals surface area contributed by atoms with Gasteiger partial charge in [-0.1, -0.05) is 0 Å². The van der Waals surface area contributed by atoms with Gasteiger partial charge in [0, 0.05) is 11.6 Å². The van der Waals surface area contributed by atoms with Gasteiger partial charge in [-0.05, 0) is 6.07 Å². The summed E-state index contributed by atoms with van der Waals surface area (Å²) in [6.07, 6.45) is -0.394. The van der Waals surface area contributed by atoms with Crippen LogP contribution in [0.25, 0.3) is 0 Å². The second-order valence-electron chi connectivity index (χ2n) is 3.01. The number of rotatable bonds is 3. The highest BCUT2D eigenvalue weighted by molar-refractivity contribution is 5.76. The largest absolute Gasteiger partial charge is 0.469 e. The lowest BCUT2D eigenvalue weighted by Gasteiger charge is -2.04. The first-order chi connectivity index (χ1) is 7.45. The Labute approximate surface area is 90.0 Å². The van der Waals surface area contributed by atoms with Gasteiger partial charge in [0.1, 0.15) is 11.5 Å². The number of esters is 1. The van der Waals surface area contributed by atoms with E-state index in [9.17, 15) is 19.3 Å². The molecule has 0 bridgehead atoms. The lowest BCUT2D eigenvalue weighted by Crippen LogP contribution is -2.09. The topological polar surface area (TPSA) is 95.5 Å². The highest BCUT2D eigenvalue weighted by Crippen LogP contribution is 2.27. The van der Waals surface area contributed by atoms with E-state index in [4.69, 9.17) is 5.73 Å². The van der Waals surface area contributed by atoms with Gasteiger partial charge >= 0.3 is 5.97 Å². The Morgan fingerprint density at radius 2 is 2.25 bits per heavy atom. The van der Waals surface area contributed by atoms with Crippen LogP contribution in [0.5, 0.6) is 0 Å². The second-order valence-corrected chi connectivity index (χ2v) is 3.01. The molecule has 0 spiro atoms. The maximum absolute atomic E-state index is 13.0. The minimum Gasteiger partial charge on any atom is -0.469 e. The average Bonchev–Trinajstić information content (AvgIpc) is 2.15. The predicted octanol–water partition coefficient (Wildman–Crippen LogP) is 1.03. The van der Waals surface area contributed by atoms with Crippen LogP contribution in [0.15, 0.2) is 12.1 Å². The van der Waals surface area contributed by atoms with Gasteiger partial charge in [0.2, 0.25) is 0 Å². The number of carbonyl (C=O) groups excluding carboxylic acids is 1. The molecule has 0 aromatic heterocycles. The number of halogens is 1. The molecule has 2 N–H and O–H groups in total. The zero-order valence-electron chi connectivity index (χ0n) is 8.40. The average molecular weight is 228 g/mol. The fraction of sp³-hybridized carbons (Fsp3) is 0.222. The fourth-order valence-electron chi connectivity index (χ4n) is 1.26. The molecule has 1 rings (SSSR count). The van der Waals surface area contributed by atoms with Crippen molar-refractivity contribution < 1.29 is 18.8 Å². The van der Waals surface area contributed by atoms with Crippen molar-refractivity contribution in [2.45, 2.75) is 6.42 Å². The van der Waals surface area contributed by atoms with Crippen molar-refractivity contribution in [2.75, 3.05) is 12.8 Å². The molecule has 0 aliphatic carbocycles. The van der Waals surface area contributed by atoms with Crippen LogP contribution in [-0.4, -0.2) is 18.0 Å². The Kier molecular flexibility index (Phi) is 3.39. The van der Waals surface area contributed by atoms with E-state index in [-0.39, 0.29) is 11.3 Å². The Hall–Kier alpha value is -2.18. The highest BCUT2D eigenvalue weighted by atomic mass is 19.1. The van der Waals surface area contributed by atoms with Crippen LogP contribution in [0.3, 0.4) is 0 Å². The SMILES string of the molecule is COC(=O)Cc1cc(F)cc(N)c1[N+](=O)[O-]. The molecule has 0 heterocycles. The van der Waals surface area contributed by atoms with Gasteiger partial charge in [-0.3, -0.25) is 14.9 Å². The number of nitro benzene ring substituents is 1. The second kappa shape index (κ2) is 4.56. The molecule has 0 aliphatic heterocycles. The summed E-state index contributed by atoms with van der Waals surface area (Å²) in [6, 6.07) is 1.73. The summed E-state index contributed by atoms with van der Waals surface area (Å²) in [5.41, 5.74) is 4.42. The van der Waals surface area contributed by atoms with Crippen LogP contribution >= 0.6 is 0 Å². The quantitative estimate of drug-likeness (QED) is 0.361. The van der Waals surface area contributed by atoms with Crippen LogP contribution in [0.4, 0.5) is 15.8 Å². The van der Waals surface area contributed by atoms with E-state index in [1.807, 2.05) is 0 Å². The number of nitro groups is 1. The Balaban J connectivity index is 3.24. The van der Waals surface area contributed by atoms with Crippen LogP contribution in [-0.2, 0) is 16.0 Å². The van der Waals surface area contributed by atoms with Crippen molar-refractivity contribution in [2.24, 2.45) is 0 Å². The highest BCUT2D eigenvalue weighted by Gasteiger charge is 2.21. The Morgan fingerprint density at radius 3 is 2.75 bits per heavy atom. The minimum atomic E-state index is -0.757. The van der Waals surface area contributed by atoms with Gasteiger partial charge < -0.3 is 10.5 Å². The lowest BCUT2D eigenvalue weighted by atomic mass is 10.1. The van der Waals surface area contributed by atoms with Gasteiger partial charge in [0.25, 0.3) is 5.69 Å². The third kappa shape index (κ3) is 2.44. The Bertz CT molecular complexity index is 447. The van der Waals surface area contributed by atoms with Crippen molar-refractivity contribution in [3.63, 3.8) is 0 Å². The number of nitrogen functional groups attached to an aromatic ring is 1. The van der Waals surface area contributed by atoms with Crippen molar-refractivity contribution >= 4 is 17.3 Å². The summed E-state index contributed by atoms with van der Waals surface area (Å²) in [5, 5.41) is 10.7. The van der Waals surface area contributed by atoms with Crippen molar-refractivity contribution in [3.05, 3.63) is 33.6 Å². The molecule has 16 heavy (non-hydrogen) atoms. The van der Waals surface area contributed by atoms with E-state index in [2.05, 4.69) is 4.74 Å². The van der Waals surface area contributed by atoms with E-state index in [0.717, 1.165) is 19.2 Å². The van der Waals surface area contributed by atoms with Crippen LogP contribution in [0, 0.1) is 15.9 Å². The number of hydrogen-bond acceptors (Lipinski definition) is 5. The summed E-state index contributed by atoms with van der Waals surface area (Å²) in [5.74, 6) is -1.44. The number of anilines is 1. The molecule has 7 heteroatoms. The van der Waals surface area contributed by atoms with Crippen LogP contribution in [0.2, 0.25) is 0 Å². The molecule has 0 fully saturated rings. The number of benzene rings is 1. The van der Waals surface area contributed by atoms with Gasteiger partial charge in [-0.2, -0.15) is 0 Å². The third-order valence-electron chi connectivity index (χ3n) is 1.93. The normalized spacial score (nSPS) is 9.88. The molecule has 86 valence electrons. The first-order valence-electron chi connectivity index (χ1n) is 4.24. The monoisotopic (exact) mass is 228 g/mol. The number of ether oxygens (including phenoxy) is 1. The summed E-state index contributed by atoms with van der Waals surface area (Å²) in [6.45, 7) is 0. The van der Waals surface area contributed by atoms with Gasteiger partial charge in [0.15, 0.2) is 0 Å². The number of carbonyl (C=O) groups is 1. The smallest absolute Gasteiger partial charge is 0.310 e. The molecule has 1 aromatic carbocycles. The number of methoxy groups -OCH3 is 1. The minimum absolute atomic E-state index is 0.102. The van der Waals surface area contributed by atoms with Crippen LogP contribution in [0.1, 0.15) is 5.56 Å². The zero-order chi connectivity index (χ0) is 12.3. The number of nitrogens with two attached hydrogens (primary N) is 1. The van der Waals surface area contributed by atoms with Gasteiger partial charge in [-0.15, -0.1) is 0 Å². The molecule has 6 nitrogen and oxygen atoms in total. The van der Waals surface area contributed by atoms with Crippen LogP contribution < -0.4 is 5.73 Å². The molecule has 0 saturated carbocycles. The maximum atomic E-state index is 13.0. The van der Waals surface area contributed by atoms with Crippen molar-refractivity contribution in [1.29, 1.82) is 0 Å². The first-order valence-corrected chi connectivity index (χ1v) is 4.24. The Morgan fingerprint density at radius 1 is 1.62 bits per heavy atom. The van der Waals surface area contributed by atoms with E-state index in [1.165, 1.54) is 0 Å². The molecule has 0 radical (unpaired) electrons. The maximum Gasteiger partial charge on any atom is 0.310 e. The standard InChI is InChI=1S/C9H9FN2O4/c1-16-8(13)3-5-2-6(10)4-7(11)9(5)12(14)15/h2,4H,3,11H2,1H3. The third-order valence-corrected chi connectivity index (χ3v) is 1.93. The molecule has 0 amide bonds. The fourth-order valence-corrected chi connectivity index (χ4v) is 1.26. The summed E-state index contributed by atoms with van der Waals surface area (Å²) in [7, 11) is 1.14. The lowest BCUT2D eigenvalue weighted by molar-refractivity contribution is -0.384.